The molecule has 0 saturated carbocycles. The molecule has 2 saturated heterocycles. The number of hydrogen-bond donors (Lipinski definition) is 4. The number of piperidine rings is 2. The summed E-state index contributed by atoms with van der Waals surface area (Å²) in [5, 5.41) is 15.7. The van der Waals surface area contributed by atoms with E-state index in [2.05, 4.69) is 20.6 Å². The van der Waals surface area contributed by atoms with Crippen LogP contribution in [-0.4, -0.2) is 47.2 Å². The second kappa shape index (κ2) is 22.2. The first-order valence-electron chi connectivity index (χ1n) is 12.9. The molecule has 0 radical (unpaired) electrons. The Morgan fingerprint density at radius 1 is 0.879 bits per heavy atom. The number of aliphatic carboxylic acids is 1. The van der Waals surface area contributed by atoms with Gasteiger partial charge in [0, 0.05) is 10.9 Å². The van der Waals surface area contributed by atoms with Gasteiger partial charge in [0.2, 0.25) is 0 Å². The third-order valence-electron chi connectivity index (χ3n) is 4.88. The first-order chi connectivity index (χ1) is 16.1. The minimum Gasteiger partial charge on any atom is -0.481 e. The highest BCUT2D eigenvalue weighted by molar-refractivity contribution is 6.31. The zero-order chi connectivity index (χ0) is 25.6. The highest BCUT2D eigenvalue weighted by atomic mass is 35.5. The van der Waals surface area contributed by atoms with Crippen molar-refractivity contribution < 1.29 is 9.90 Å². The fourth-order valence-corrected chi connectivity index (χ4v) is 3.53. The molecule has 1 aromatic heterocycles. The van der Waals surface area contributed by atoms with Gasteiger partial charge in [0.15, 0.2) is 0 Å². The number of H-pyrrole nitrogens is 1. The summed E-state index contributed by atoms with van der Waals surface area (Å²) >= 11 is 5.96. The van der Waals surface area contributed by atoms with E-state index in [4.69, 9.17) is 16.7 Å². The molecule has 4 N–H and O–H groups in total. The van der Waals surface area contributed by atoms with Crippen molar-refractivity contribution in [3.63, 3.8) is 0 Å². The highest BCUT2D eigenvalue weighted by Crippen LogP contribution is 2.26. The summed E-state index contributed by atoms with van der Waals surface area (Å²) < 4.78 is 0. The summed E-state index contributed by atoms with van der Waals surface area (Å²) in [4.78, 5) is 18.3. The molecule has 3 heterocycles. The van der Waals surface area contributed by atoms with E-state index in [1.54, 1.807) is 0 Å². The van der Waals surface area contributed by atoms with Crippen LogP contribution >= 0.6 is 11.6 Å². The SMILES string of the molecule is CC.CC.CC.CC.Clc1ccc2nc(C3CCNCC3)[nH]c2c1.O=C(O)C1CCNCC1. The zero-order valence-corrected chi connectivity index (χ0v) is 23.0. The van der Waals surface area contributed by atoms with Crippen molar-refractivity contribution in [2.75, 3.05) is 26.2 Å². The van der Waals surface area contributed by atoms with Crippen LogP contribution < -0.4 is 10.6 Å². The largest absolute Gasteiger partial charge is 0.481 e. The van der Waals surface area contributed by atoms with Gasteiger partial charge in [-0.1, -0.05) is 67.0 Å². The number of nitrogens with one attached hydrogen (secondary N) is 3. The molecular weight excluding hydrogens is 436 g/mol. The molecule has 0 spiro atoms. The van der Waals surface area contributed by atoms with Gasteiger partial charge >= 0.3 is 5.97 Å². The molecule has 33 heavy (non-hydrogen) atoms. The van der Waals surface area contributed by atoms with Crippen molar-refractivity contribution >= 4 is 28.6 Å². The van der Waals surface area contributed by atoms with Crippen LogP contribution in [0.3, 0.4) is 0 Å². The van der Waals surface area contributed by atoms with Crippen molar-refractivity contribution in [2.45, 2.75) is 87.0 Å². The van der Waals surface area contributed by atoms with Crippen molar-refractivity contribution in [3.8, 4) is 0 Å². The average Bonchev–Trinajstić information content (AvgIpc) is 3.33. The number of aromatic amines is 1. The molecule has 1 aromatic carbocycles. The lowest BCUT2D eigenvalue weighted by atomic mass is 9.98. The van der Waals surface area contributed by atoms with Gasteiger partial charge in [-0.3, -0.25) is 4.79 Å². The number of hydrogen-bond acceptors (Lipinski definition) is 4. The van der Waals surface area contributed by atoms with Gasteiger partial charge in [0.05, 0.1) is 17.0 Å². The Morgan fingerprint density at radius 2 is 1.36 bits per heavy atom. The number of carbonyl (C=O) groups is 1. The third kappa shape index (κ3) is 13.0. The first-order valence-corrected chi connectivity index (χ1v) is 13.3. The summed E-state index contributed by atoms with van der Waals surface area (Å²) in [5.74, 6) is 0.939. The minimum absolute atomic E-state index is 0.0914. The van der Waals surface area contributed by atoms with E-state index >= 15 is 0 Å². The van der Waals surface area contributed by atoms with E-state index in [0.717, 1.165) is 73.7 Å². The lowest BCUT2D eigenvalue weighted by molar-refractivity contribution is -0.142. The predicted molar refractivity (Wildman–Crippen MR) is 145 cm³/mol. The van der Waals surface area contributed by atoms with Gasteiger partial charge in [0.1, 0.15) is 5.82 Å². The van der Waals surface area contributed by atoms with Crippen LogP contribution in [0.15, 0.2) is 18.2 Å². The summed E-state index contributed by atoms with van der Waals surface area (Å²) in [6.45, 7) is 19.9. The summed E-state index contributed by atoms with van der Waals surface area (Å²) in [5.41, 5.74) is 2.05. The molecule has 0 atom stereocenters. The van der Waals surface area contributed by atoms with Crippen molar-refractivity contribution in [1.82, 2.24) is 20.6 Å². The number of carboxylic acids is 1. The summed E-state index contributed by atoms with van der Waals surface area (Å²) in [7, 11) is 0. The van der Waals surface area contributed by atoms with Crippen LogP contribution in [0, 0.1) is 5.92 Å². The van der Waals surface area contributed by atoms with Crippen LogP contribution in [0.1, 0.15) is 92.8 Å². The summed E-state index contributed by atoms with van der Waals surface area (Å²) in [6, 6.07) is 5.80. The molecule has 0 unspecified atom stereocenters. The van der Waals surface area contributed by atoms with Crippen molar-refractivity contribution in [1.29, 1.82) is 0 Å². The second-order valence-corrected chi connectivity index (χ2v) is 7.11. The van der Waals surface area contributed by atoms with Gasteiger partial charge in [-0.05, 0) is 70.1 Å². The molecule has 2 aliphatic heterocycles. The maximum atomic E-state index is 10.3. The minimum atomic E-state index is -0.642. The molecule has 7 heteroatoms. The second-order valence-electron chi connectivity index (χ2n) is 6.67. The molecule has 2 fully saturated rings. The molecule has 2 aliphatic rings. The smallest absolute Gasteiger partial charge is 0.306 e. The van der Waals surface area contributed by atoms with Crippen LogP contribution in [0.25, 0.3) is 11.0 Å². The number of carboxylic acid groups (broad SMARTS) is 1. The molecule has 6 nitrogen and oxygen atoms in total. The molecule has 192 valence electrons. The summed E-state index contributed by atoms with van der Waals surface area (Å²) in [6.07, 6.45) is 3.89. The standard InChI is InChI=1S/C12H14ClN3.C6H11NO2.4C2H6/c13-9-1-2-10-11(7-9)16-12(15-10)8-3-5-14-6-4-8;8-6(9)5-1-3-7-4-2-5;4*1-2/h1-2,7-8,14H,3-6H2,(H,15,16);5,7H,1-4H2,(H,8,9);4*1-2H3. The fraction of sp³-hybridized carbons (Fsp3) is 0.692. The topological polar surface area (TPSA) is 90.0 Å². The third-order valence-corrected chi connectivity index (χ3v) is 5.11. The fourth-order valence-electron chi connectivity index (χ4n) is 3.36. The maximum absolute atomic E-state index is 10.3. The Balaban J connectivity index is 0. The Hall–Kier alpha value is -1.63. The van der Waals surface area contributed by atoms with E-state index in [1.165, 1.54) is 0 Å². The number of halogens is 1. The van der Waals surface area contributed by atoms with Gasteiger partial charge < -0.3 is 20.7 Å². The molecular formula is C26H49ClN4O2. The van der Waals surface area contributed by atoms with Gasteiger partial charge in [-0.25, -0.2) is 4.98 Å². The molecule has 0 aliphatic carbocycles. The lowest BCUT2D eigenvalue weighted by Crippen LogP contribution is -2.31. The monoisotopic (exact) mass is 484 g/mol. The van der Waals surface area contributed by atoms with E-state index in [9.17, 15) is 4.79 Å². The zero-order valence-electron chi connectivity index (χ0n) is 22.2. The first kappa shape index (κ1) is 33.5. The van der Waals surface area contributed by atoms with Crippen LogP contribution in [-0.2, 0) is 4.79 Å². The molecule has 4 rings (SSSR count). The maximum Gasteiger partial charge on any atom is 0.306 e. The Kier molecular flexibility index (Phi) is 22.5. The van der Waals surface area contributed by atoms with Gasteiger partial charge in [-0.15, -0.1) is 0 Å². The average molecular weight is 485 g/mol. The van der Waals surface area contributed by atoms with E-state index in [-0.39, 0.29) is 5.92 Å². The number of fused-ring (bicyclic) bond motifs is 1. The molecule has 2 aromatic rings. The highest BCUT2D eigenvalue weighted by Gasteiger charge is 2.19. The lowest BCUT2D eigenvalue weighted by Gasteiger charge is -2.20. The van der Waals surface area contributed by atoms with Crippen molar-refractivity contribution in [2.24, 2.45) is 5.92 Å². The number of nitrogens with zero attached hydrogens (tertiary/aromatic N) is 1. The van der Waals surface area contributed by atoms with E-state index in [0.29, 0.717) is 5.92 Å². The Labute approximate surface area is 207 Å². The molecule has 0 bridgehead atoms. The van der Waals surface area contributed by atoms with Crippen LogP contribution in [0.5, 0.6) is 0 Å². The molecule has 0 amide bonds. The van der Waals surface area contributed by atoms with Gasteiger partial charge in [0.25, 0.3) is 0 Å². The number of rotatable bonds is 2. The number of benzene rings is 1. The van der Waals surface area contributed by atoms with Crippen molar-refractivity contribution in [3.05, 3.63) is 29.0 Å². The Morgan fingerprint density at radius 3 is 1.82 bits per heavy atom. The normalized spacial score (nSPS) is 15.4. The number of aromatic nitrogens is 2. The van der Waals surface area contributed by atoms with E-state index in [1.807, 2.05) is 73.6 Å². The van der Waals surface area contributed by atoms with Crippen LogP contribution in [0.2, 0.25) is 5.02 Å². The van der Waals surface area contributed by atoms with E-state index < -0.39 is 5.97 Å². The quantitative estimate of drug-likeness (QED) is 0.373. The van der Waals surface area contributed by atoms with Gasteiger partial charge in [-0.2, -0.15) is 0 Å². The number of imidazole rings is 1. The predicted octanol–water partition coefficient (Wildman–Crippen LogP) is 6.86. The Bertz CT molecular complexity index is 709. The van der Waals surface area contributed by atoms with Crippen LogP contribution in [0.4, 0.5) is 0 Å².